The van der Waals surface area contributed by atoms with Gasteiger partial charge in [-0.05, 0) is 64.3 Å². The van der Waals surface area contributed by atoms with Crippen LogP contribution in [0, 0.1) is 0 Å². The van der Waals surface area contributed by atoms with Crippen molar-refractivity contribution in [2.75, 3.05) is 33.4 Å². The summed E-state index contributed by atoms with van der Waals surface area (Å²) >= 11 is 0. The number of benzene rings is 1. The Hall–Kier alpha value is -2.98. The highest BCUT2D eigenvalue weighted by molar-refractivity contribution is 5.94. The summed E-state index contributed by atoms with van der Waals surface area (Å²) in [4.78, 5) is 30.4. The molecule has 1 aliphatic heterocycles. The second-order valence-electron chi connectivity index (χ2n) is 9.17. The Balaban J connectivity index is 0.00000432. The molecule has 1 aliphatic rings. The van der Waals surface area contributed by atoms with E-state index in [1.165, 1.54) is 0 Å². The van der Waals surface area contributed by atoms with Gasteiger partial charge in [0.25, 0.3) is 11.8 Å². The van der Waals surface area contributed by atoms with Crippen molar-refractivity contribution in [2.45, 2.75) is 58.3 Å². The topological polar surface area (TPSA) is 116 Å². The summed E-state index contributed by atoms with van der Waals surface area (Å²) in [5.41, 5.74) is 0.778. The van der Waals surface area contributed by atoms with E-state index >= 15 is 0 Å². The minimum absolute atomic E-state index is 0. The maximum atomic E-state index is 12.2. The number of ether oxygens (including phenoxy) is 3. The van der Waals surface area contributed by atoms with Gasteiger partial charge in [-0.1, -0.05) is 5.16 Å². The normalized spacial score (nSPS) is 14.8. The quantitative estimate of drug-likeness (QED) is 0.545. The van der Waals surface area contributed by atoms with Crippen LogP contribution in [0.25, 0.3) is 11.5 Å². The summed E-state index contributed by atoms with van der Waals surface area (Å²) in [6.45, 7) is 8.13. The van der Waals surface area contributed by atoms with Crippen molar-refractivity contribution >= 4 is 12.0 Å². The van der Waals surface area contributed by atoms with Crippen molar-refractivity contribution in [2.24, 2.45) is 0 Å². The molecular formula is C24H36N4O6. The van der Waals surface area contributed by atoms with Gasteiger partial charge in [0.15, 0.2) is 5.82 Å². The molecule has 1 N–H and O–H groups in total. The van der Waals surface area contributed by atoms with Crippen LogP contribution in [-0.4, -0.2) is 72.1 Å². The predicted molar refractivity (Wildman–Crippen MR) is 126 cm³/mol. The number of rotatable bonds is 9. The maximum Gasteiger partial charge on any atom is 0.410 e. The van der Waals surface area contributed by atoms with E-state index in [1.54, 1.807) is 36.3 Å². The fourth-order valence-electron chi connectivity index (χ4n) is 3.44. The Morgan fingerprint density at radius 1 is 1.21 bits per heavy atom. The molecule has 34 heavy (non-hydrogen) atoms. The fourth-order valence-corrected chi connectivity index (χ4v) is 3.44. The summed E-state index contributed by atoms with van der Waals surface area (Å²) < 4.78 is 21.7. The third-order valence-corrected chi connectivity index (χ3v) is 5.21. The van der Waals surface area contributed by atoms with Gasteiger partial charge in [0.2, 0.25) is 0 Å². The zero-order chi connectivity index (χ0) is 24.6. The number of carbonyl (C=O) groups is 2. The summed E-state index contributed by atoms with van der Waals surface area (Å²) in [5, 5.41) is 6.84. The molecule has 0 aliphatic carbocycles. The third kappa shape index (κ3) is 7.81. The average Bonchev–Trinajstić information content (AvgIpc) is 3.29. The van der Waals surface area contributed by atoms with E-state index in [-0.39, 0.29) is 26.1 Å². The van der Waals surface area contributed by atoms with Crippen LogP contribution in [0.3, 0.4) is 0 Å². The molecule has 188 valence electrons. The van der Waals surface area contributed by atoms with Gasteiger partial charge in [0.1, 0.15) is 12.2 Å². The van der Waals surface area contributed by atoms with Gasteiger partial charge in [-0.2, -0.15) is 4.98 Å². The molecule has 1 fully saturated rings. The molecule has 1 aromatic carbocycles. The highest BCUT2D eigenvalue weighted by Crippen LogP contribution is 2.20. The number of hydrogen-bond donors (Lipinski definition) is 1. The van der Waals surface area contributed by atoms with Crippen molar-refractivity contribution < 1.29 is 29.7 Å². The number of piperidine rings is 1. The van der Waals surface area contributed by atoms with Crippen molar-refractivity contribution in [3.05, 3.63) is 35.7 Å². The first kappa shape index (κ1) is 25.6. The Morgan fingerprint density at radius 3 is 2.56 bits per heavy atom. The number of methoxy groups -OCH3 is 1. The number of nitrogens with one attached hydrogen (secondary N) is 1. The van der Waals surface area contributed by atoms with Crippen molar-refractivity contribution in [1.82, 2.24) is 20.4 Å². The first-order valence-electron chi connectivity index (χ1n) is 11.5. The fraction of sp³-hybridized carbons (Fsp3) is 0.583. The van der Waals surface area contributed by atoms with Crippen LogP contribution in [0.4, 0.5) is 4.79 Å². The van der Waals surface area contributed by atoms with Crippen LogP contribution in [0.2, 0.25) is 0 Å². The highest BCUT2D eigenvalue weighted by Gasteiger charge is 2.27. The lowest BCUT2D eigenvalue weighted by atomic mass is 10.1. The Labute approximate surface area is 201 Å². The lowest BCUT2D eigenvalue weighted by Gasteiger charge is -2.33. The van der Waals surface area contributed by atoms with Crippen LogP contribution in [0.5, 0.6) is 0 Å². The number of carbonyl (C=O) groups excluding carboxylic acids is 2. The van der Waals surface area contributed by atoms with E-state index in [0.717, 1.165) is 24.8 Å². The van der Waals surface area contributed by atoms with Crippen LogP contribution in [0.15, 0.2) is 28.8 Å². The van der Waals surface area contributed by atoms with Gasteiger partial charge in [-0.3, -0.25) is 4.79 Å². The van der Waals surface area contributed by atoms with Crippen molar-refractivity contribution in [3.8, 4) is 11.5 Å². The molecule has 0 radical (unpaired) electrons. The Morgan fingerprint density at radius 2 is 1.91 bits per heavy atom. The van der Waals surface area contributed by atoms with Crippen LogP contribution < -0.4 is 5.32 Å². The van der Waals surface area contributed by atoms with Crippen LogP contribution in [0.1, 0.15) is 57.6 Å². The molecule has 2 heterocycles. The maximum absolute atomic E-state index is 12.2. The smallest absolute Gasteiger partial charge is 0.410 e. The number of amides is 2. The Bertz CT molecular complexity index is 936. The number of nitrogens with zero attached hydrogens (tertiary/aromatic N) is 3. The molecule has 1 saturated heterocycles. The van der Waals surface area contributed by atoms with Crippen LogP contribution in [-0.2, 0) is 20.8 Å². The third-order valence-electron chi connectivity index (χ3n) is 5.21. The molecule has 2 aromatic rings. The minimum Gasteiger partial charge on any atom is -0.444 e. The minimum atomic E-state index is -0.502. The number of aromatic nitrogens is 2. The van der Waals surface area contributed by atoms with E-state index in [4.69, 9.17) is 18.7 Å². The van der Waals surface area contributed by atoms with Crippen LogP contribution >= 0.6 is 0 Å². The molecule has 2 amide bonds. The summed E-state index contributed by atoms with van der Waals surface area (Å²) in [5.74, 6) is 0.676. The lowest BCUT2D eigenvalue weighted by molar-refractivity contribution is -0.0190. The van der Waals surface area contributed by atoms with Gasteiger partial charge in [0, 0.05) is 45.9 Å². The monoisotopic (exact) mass is 476 g/mol. The molecule has 0 saturated carbocycles. The molecule has 0 spiro atoms. The summed E-state index contributed by atoms with van der Waals surface area (Å²) in [6, 6.07) is 6.99. The largest absolute Gasteiger partial charge is 0.444 e. The first-order chi connectivity index (χ1) is 16.2. The van der Waals surface area contributed by atoms with E-state index in [2.05, 4.69) is 15.5 Å². The number of hydrogen-bond acceptors (Lipinski definition) is 8. The van der Waals surface area contributed by atoms with Gasteiger partial charge < -0.3 is 29.0 Å². The molecular weight excluding hydrogens is 440 g/mol. The number of likely N-dealkylation sites (tertiary alicyclic amines) is 1. The molecule has 10 nitrogen and oxygen atoms in total. The first-order valence-corrected chi connectivity index (χ1v) is 11.5. The predicted octanol–water partition coefficient (Wildman–Crippen LogP) is 3.67. The van der Waals surface area contributed by atoms with E-state index in [0.29, 0.717) is 43.5 Å². The molecule has 0 unspecified atom stereocenters. The van der Waals surface area contributed by atoms with Gasteiger partial charge in [-0.15, -0.1) is 0 Å². The lowest BCUT2D eigenvalue weighted by Crippen LogP contribution is -2.43. The van der Waals surface area contributed by atoms with E-state index in [1.807, 2.05) is 20.8 Å². The molecule has 3 rings (SSSR count). The van der Waals surface area contributed by atoms with E-state index in [9.17, 15) is 9.59 Å². The van der Waals surface area contributed by atoms with Gasteiger partial charge >= 0.3 is 6.09 Å². The average molecular weight is 477 g/mol. The molecule has 0 bridgehead atoms. The Kier molecular flexibility index (Phi) is 9.00. The summed E-state index contributed by atoms with van der Waals surface area (Å²) in [6.07, 6.45) is 1.93. The van der Waals surface area contributed by atoms with Crippen molar-refractivity contribution in [1.29, 1.82) is 0 Å². The van der Waals surface area contributed by atoms with Crippen molar-refractivity contribution in [3.63, 3.8) is 0 Å². The van der Waals surface area contributed by atoms with Gasteiger partial charge in [-0.25, -0.2) is 4.79 Å². The highest BCUT2D eigenvalue weighted by atomic mass is 16.6. The zero-order valence-electron chi connectivity index (χ0n) is 20.3. The SMILES string of the molecule is COCCCNC(=O)c1ccc(-c2nc(COC3CCN(C(=O)OC(C)(C)C)CC3)no2)cc1.[HH]. The molecule has 10 heteroatoms. The summed E-state index contributed by atoms with van der Waals surface area (Å²) in [7, 11) is 1.63. The standard InChI is InChI=1S/C24H34N4O6.H2/c1-24(2,3)33-23(30)28-13-10-19(11-14-28)32-16-20-26-22(34-27-20)18-8-6-17(7-9-18)21(29)25-12-5-15-31-4;/h6-9,19H,5,10-16H2,1-4H3,(H,25,29);1H. The zero-order valence-corrected chi connectivity index (χ0v) is 20.3. The molecule has 0 atom stereocenters. The second-order valence-corrected chi connectivity index (χ2v) is 9.17. The van der Waals surface area contributed by atoms with E-state index < -0.39 is 5.60 Å². The van der Waals surface area contributed by atoms with Gasteiger partial charge in [0.05, 0.1) is 6.10 Å². The molecule has 1 aromatic heterocycles. The second kappa shape index (κ2) is 11.9.